The summed E-state index contributed by atoms with van der Waals surface area (Å²) < 4.78 is 30.3. The smallest absolute Gasteiger partial charge is 0.321 e. The molecule has 0 unspecified atom stereocenters. The number of nitrogens with zero attached hydrogens (tertiary/aromatic N) is 1. The largest absolute Gasteiger partial charge is 0.465 e. The van der Waals surface area contributed by atoms with E-state index >= 15 is 0 Å². The van der Waals surface area contributed by atoms with Gasteiger partial charge in [-0.2, -0.15) is 4.31 Å². The molecule has 7 heteroatoms. The monoisotopic (exact) mass is 300 g/mol. The Bertz CT molecular complexity index is 540. The lowest BCUT2D eigenvalue weighted by Gasteiger charge is -2.16. The van der Waals surface area contributed by atoms with Gasteiger partial charge in [0, 0.05) is 12.7 Å². The molecule has 112 valence electrons. The Kier molecular flexibility index (Phi) is 5.97. The molecule has 0 saturated heterocycles. The molecule has 0 aromatic heterocycles. The number of carbonyl (C=O) groups excluding carboxylic acids is 1. The molecule has 0 spiro atoms. The van der Waals surface area contributed by atoms with Gasteiger partial charge in [-0.05, 0) is 30.7 Å². The number of sulfonamides is 1. The molecule has 0 bridgehead atoms. The van der Waals surface area contributed by atoms with Crippen molar-refractivity contribution in [1.82, 2.24) is 4.31 Å². The van der Waals surface area contributed by atoms with Gasteiger partial charge in [0.05, 0.1) is 11.5 Å². The highest BCUT2D eigenvalue weighted by molar-refractivity contribution is 7.89. The summed E-state index contributed by atoms with van der Waals surface area (Å²) in [7, 11) is -2.36. The van der Waals surface area contributed by atoms with Crippen LogP contribution in [0.3, 0.4) is 0 Å². The zero-order valence-electron chi connectivity index (χ0n) is 11.7. The second-order valence-electron chi connectivity index (χ2n) is 4.40. The summed E-state index contributed by atoms with van der Waals surface area (Å²) in [6, 6.07) is 5.81. The fourth-order valence-corrected chi connectivity index (χ4v) is 2.58. The maximum Gasteiger partial charge on any atom is 0.321 e. The van der Waals surface area contributed by atoms with E-state index in [9.17, 15) is 13.2 Å². The van der Waals surface area contributed by atoms with Crippen LogP contribution in [0.1, 0.15) is 19.8 Å². The maximum absolute atomic E-state index is 12.2. The van der Waals surface area contributed by atoms with Crippen molar-refractivity contribution >= 4 is 21.7 Å². The van der Waals surface area contributed by atoms with Crippen LogP contribution in [0.4, 0.5) is 5.69 Å². The molecule has 0 aliphatic rings. The van der Waals surface area contributed by atoms with E-state index in [0.29, 0.717) is 12.3 Å². The molecule has 0 atom stereocenters. The first kappa shape index (κ1) is 16.5. The van der Waals surface area contributed by atoms with Gasteiger partial charge in [0.1, 0.15) is 6.54 Å². The minimum atomic E-state index is -3.70. The lowest BCUT2D eigenvalue weighted by atomic mass is 10.3. The van der Waals surface area contributed by atoms with Crippen molar-refractivity contribution in [2.75, 3.05) is 25.9 Å². The number of unbranched alkanes of at least 4 members (excludes halogenated alkanes) is 1. The van der Waals surface area contributed by atoms with Crippen molar-refractivity contribution < 1.29 is 17.9 Å². The molecule has 0 radical (unpaired) electrons. The van der Waals surface area contributed by atoms with Gasteiger partial charge in [-0.15, -0.1) is 0 Å². The fraction of sp³-hybridized carbons (Fsp3) is 0.462. The third kappa shape index (κ3) is 4.50. The highest BCUT2D eigenvalue weighted by Crippen LogP contribution is 2.15. The summed E-state index contributed by atoms with van der Waals surface area (Å²) in [6.07, 6.45) is 1.67. The number of hydrogen-bond acceptors (Lipinski definition) is 5. The number of hydrogen-bond donors (Lipinski definition) is 1. The van der Waals surface area contributed by atoms with E-state index in [1.165, 1.54) is 31.3 Å². The van der Waals surface area contributed by atoms with Gasteiger partial charge in [-0.25, -0.2) is 8.42 Å². The molecule has 0 amide bonds. The Labute approximate surface area is 119 Å². The van der Waals surface area contributed by atoms with E-state index in [1.54, 1.807) is 0 Å². The molecule has 6 nitrogen and oxygen atoms in total. The zero-order valence-corrected chi connectivity index (χ0v) is 12.5. The number of rotatable bonds is 7. The number of carbonyl (C=O) groups is 1. The van der Waals surface area contributed by atoms with Gasteiger partial charge in [-0.3, -0.25) is 4.79 Å². The summed E-state index contributed by atoms with van der Waals surface area (Å²) in [5.41, 5.74) is 5.99. The summed E-state index contributed by atoms with van der Waals surface area (Å²) in [4.78, 5) is 11.6. The van der Waals surface area contributed by atoms with Gasteiger partial charge >= 0.3 is 5.97 Å². The molecule has 1 rings (SSSR count). The standard InChI is InChI=1S/C13H20N2O4S/c1-3-4-9-19-13(16)10-15(2)20(17,18)12-7-5-11(14)6-8-12/h5-8H,3-4,9-10,14H2,1-2H3. The second kappa shape index (κ2) is 7.25. The Morgan fingerprint density at radius 1 is 1.30 bits per heavy atom. The number of benzene rings is 1. The van der Waals surface area contributed by atoms with E-state index < -0.39 is 16.0 Å². The van der Waals surface area contributed by atoms with Crippen LogP contribution in [0.15, 0.2) is 29.2 Å². The number of anilines is 1. The van der Waals surface area contributed by atoms with E-state index in [0.717, 1.165) is 17.1 Å². The van der Waals surface area contributed by atoms with Crippen LogP contribution in [-0.4, -0.2) is 38.9 Å². The second-order valence-corrected chi connectivity index (χ2v) is 6.45. The molecular formula is C13H20N2O4S. The molecule has 0 saturated carbocycles. The van der Waals surface area contributed by atoms with Crippen molar-refractivity contribution in [3.8, 4) is 0 Å². The predicted molar refractivity (Wildman–Crippen MR) is 76.5 cm³/mol. The van der Waals surface area contributed by atoms with Crippen LogP contribution in [-0.2, 0) is 19.6 Å². The molecule has 2 N–H and O–H groups in total. The van der Waals surface area contributed by atoms with Crippen LogP contribution in [0.2, 0.25) is 0 Å². The minimum Gasteiger partial charge on any atom is -0.465 e. The quantitative estimate of drug-likeness (QED) is 0.465. The summed E-state index contributed by atoms with van der Waals surface area (Å²) >= 11 is 0. The number of nitrogen functional groups attached to an aromatic ring is 1. The molecule has 0 heterocycles. The summed E-state index contributed by atoms with van der Waals surface area (Å²) in [5.74, 6) is -0.556. The molecule has 0 aliphatic heterocycles. The zero-order chi connectivity index (χ0) is 15.2. The number of nitrogens with two attached hydrogens (primary N) is 1. The normalized spacial score (nSPS) is 11.6. The topological polar surface area (TPSA) is 89.7 Å². The van der Waals surface area contributed by atoms with Crippen molar-refractivity contribution in [1.29, 1.82) is 0 Å². The first-order valence-corrected chi connectivity index (χ1v) is 7.79. The lowest BCUT2D eigenvalue weighted by Crippen LogP contribution is -2.33. The van der Waals surface area contributed by atoms with Gasteiger partial charge < -0.3 is 10.5 Å². The summed E-state index contributed by atoms with van der Waals surface area (Å²) in [6.45, 7) is 1.98. The van der Waals surface area contributed by atoms with Crippen molar-refractivity contribution in [3.63, 3.8) is 0 Å². The highest BCUT2D eigenvalue weighted by Gasteiger charge is 2.23. The van der Waals surface area contributed by atoms with Crippen molar-refractivity contribution in [2.45, 2.75) is 24.7 Å². The van der Waals surface area contributed by atoms with E-state index in [1.807, 2.05) is 6.92 Å². The number of esters is 1. The molecule has 0 aliphatic carbocycles. The van der Waals surface area contributed by atoms with E-state index in [4.69, 9.17) is 10.5 Å². The average Bonchev–Trinajstić information content (AvgIpc) is 2.39. The summed E-state index contributed by atoms with van der Waals surface area (Å²) in [5, 5.41) is 0. The Morgan fingerprint density at radius 3 is 2.45 bits per heavy atom. The lowest BCUT2D eigenvalue weighted by molar-refractivity contribution is -0.143. The SMILES string of the molecule is CCCCOC(=O)CN(C)S(=O)(=O)c1ccc(N)cc1. The van der Waals surface area contributed by atoms with Crippen LogP contribution in [0.5, 0.6) is 0 Å². The van der Waals surface area contributed by atoms with Gasteiger partial charge in [0.15, 0.2) is 0 Å². The Hall–Kier alpha value is -1.60. The van der Waals surface area contributed by atoms with Crippen LogP contribution in [0.25, 0.3) is 0 Å². The van der Waals surface area contributed by atoms with E-state index in [-0.39, 0.29) is 11.4 Å². The molecule has 20 heavy (non-hydrogen) atoms. The molecule has 0 fully saturated rings. The third-order valence-electron chi connectivity index (χ3n) is 2.70. The van der Waals surface area contributed by atoms with Gasteiger partial charge in [0.25, 0.3) is 0 Å². The third-order valence-corrected chi connectivity index (χ3v) is 4.52. The Morgan fingerprint density at radius 2 is 1.90 bits per heavy atom. The minimum absolute atomic E-state index is 0.0931. The van der Waals surface area contributed by atoms with Gasteiger partial charge in [-0.1, -0.05) is 13.3 Å². The number of likely N-dealkylation sites (N-methyl/N-ethyl adjacent to an activating group) is 1. The first-order valence-electron chi connectivity index (χ1n) is 6.35. The molecule has 1 aromatic rings. The molecule has 1 aromatic carbocycles. The van der Waals surface area contributed by atoms with E-state index in [2.05, 4.69) is 0 Å². The van der Waals surface area contributed by atoms with Crippen LogP contribution in [0, 0.1) is 0 Å². The first-order chi connectivity index (χ1) is 9.37. The van der Waals surface area contributed by atoms with Gasteiger partial charge in [0.2, 0.25) is 10.0 Å². The Balaban J connectivity index is 2.68. The maximum atomic E-state index is 12.2. The van der Waals surface area contributed by atoms with Crippen molar-refractivity contribution in [2.24, 2.45) is 0 Å². The predicted octanol–water partition coefficient (Wildman–Crippen LogP) is 1.23. The molecular weight excluding hydrogens is 280 g/mol. The van der Waals surface area contributed by atoms with Crippen LogP contribution < -0.4 is 5.73 Å². The average molecular weight is 300 g/mol. The van der Waals surface area contributed by atoms with Crippen molar-refractivity contribution in [3.05, 3.63) is 24.3 Å². The van der Waals surface area contributed by atoms with Crippen LogP contribution >= 0.6 is 0 Å². The fourth-order valence-electron chi connectivity index (χ4n) is 1.46. The number of ether oxygens (including phenoxy) is 1. The highest BCUT2D eigenvalue weighted by atomic mass is 32.2.